The first-order chi connectivity index (χ1) is 20.5. The number of thiazole rings is 1. The zero-order chi connectivity index (χ0) is 30.7. The number of hydrogen-bond donors (Lipinski definition) is 3. The van der Waals surface area contributed by atoms with Crippen molar-refractivity contribution in [2.45, 2.75) is 52.2 Å². The number of aryl methyl sites for hydroxylation is 1. The van der Waals surface area contributed by atoms with Gasteiger partial charge in [0.25, 0.3) is 5.91 Å². The number of sulfonamides is 1. The van der Waals surface area contributed by atoms with Gasteiger partial charge < -0.3 is 19.6 Å². The minimum absolute atomic E-state index is 0.248. The Morgan fingerprint density at radius 2 is 1.79 bits per heavy atom. The summed E-state index contributed by atoms with van der Waals surface area (Å²) in [5, 5.41) is 13.8. The number of esters is 1. The summed E-state index contributed by atoms with van der Waals surface area (Å²) in [5.74, 6) is 0.846. The summed E-state index contributed by atoms with van der Waals surface area (Å²) in [7, 11) is -3.66. The average molecular weight is 630 g/mol. The second kappa shape index (κ2) is 12.8. The highest BCUT2D eigenvalue weighted by Crippen LogP contribution is 2.36. The van der Waals surface area contributed by atoms with Crippen LogP contribution in [0.5, 0.6) is 0 Å². The fourth-order valence-electron chi connectivity index (χ4n) is 5.19. The number of nitrogens with one attached hydrogen (secondary N) is 2. The van der Waals surface area contributed by atoms with Crippen molar-refractivity contribution < 1.29 is 27.9 Å². The highest BCUT2D eigenvalue weighted by molar-refractivity contribution is 7.89. The summed E-state index contributed by atoms with van der Waals surface area (Å²) in [6.07, 6.45) is 3.61. The number of aliphatic hydroxyl groups excluding tert-OH is 1. The molecule has 0 bridgehead atoms. The van der Waals surface area contributed by atoms with Crippen molar-refractivity contribution >= 4 is 56.0 Å². The Labute approximate surface area is 254 Å². The Hall–Kier alpha value is -3.82. The monoisotopic (exact) mass is 629 g/mol. The first kappa shape index (κ1) is 30.6. The number of aliphatic hydroxyl groups is 1. The van der Waals surface area contributed by atoms with Crippen LogP contribution >= 0.6 is 11.3 Å². The molecule has 3 aromatic rings. The smallest absolute Gasteiger partial charge is 0.350 e. The number of nitrogens with zero attached hydrogens (tertiary/aromatic N) is 5. The summed E-state index contributed by atoms with van der Waals surface area (Å²) in [4.78, 5) is 43.7. The van der Waals surface area contributed by atoms with Gasteiger partial charge in [0.1, 0.15) is 16.5 Å². The van der Waals surface area contributed by atoms with Crippen molar-refractivity contribution in [3.63, 3.8) is 0 Å². The van der Waals surface area contributed by atoms with Gasteiger partial charge in [0.05, 0.1) is 24.7 Å². The molecule has 0 atom stereocenters. The van der Waals surface area contributed by atoms with Crippen molar-refractivity contribution in [3.05, 3.63) is 51.5 Å². The minimum Gasteiger partial charge on any atom is -0.462 e. The van der Waals surface area contributed by atoms with Crippen molar-refractivity contribution in [3.8, 4) is 0 Å². The van der Waals surface area contributed by atoms with E-state index in [2.05, 4.69) is 20.1 Å². The van der Waals surface area contributed by atoms with Gasteiger partial charge in [0, 0.05) is 37.3 Å². The quantitative estimate of drug-likeness (QED) is 0.297. The van der Waals surface area contributed by atoms with Crippen LogP contribution in [0.4, 0.5) is 22.7 Å². The number of carbonyl (C=O) groups is 2. The van der Waals surface area contributed by atoms with Gasteiger partial charge in [-0.1, -0.05) is 23.5 Å². The number of aromatic nitrogens is 3. The molecule has 1 amide bonds. The maximum Gasteiger partial charge on any atom is 0.350 e. The highest BCUT2D eigenvalue weighted by atomic mass is 32.2. The van der Waals surface area contributed by atoms with Crippen molar-refractivity contribution in [1.82, 2.24) is 19.7 Å². The molecule has 3 N–H and O–H groups in total. The van der Waals surface area contributed by atoms with Crippen molar-refractivity contribution in [2.75, 3.05) is 47.6 Å². The number of amides is 1. The van der Waals surface area contributed by atoms with E-state index >= 15 is 0 Å². The molecule has 2 aliphatic heterocycles. The third-order valence-corrected chi connectivity index (χ3v) is 8.83. The van der Waals surface area contributed by atoms with E-state index in [4.69, 9.17) is 14.7 Å². The van der Waals surface area contributed by atoms with Crippen LogP contribution in [0.1, 0.15) is 63.0 Å². The fraction of sp³-hybridized carbons (Fsp3) is 0.464. The molecule has 13 nitrogen and oxygen atoms in total. The predicted molar refractivity (Wildman–Crippen MR) is 164 cm³/mol. The van der Waals surface area contributed by atoms with Crippen LogP contribution in [0.3, 0.4) is 0 Å². The Morgan fingerprint density at radius 1 is 1.09 bits per heavy atom. The van der Waals surface area contributed by atoms with Crippen LogP contribution in [0.25, 0.3) is 0 Å². The molecule has 0 saturated carbocycles. The van der Waals surface area contributed by atoms with E-state index in [-0.39, 0.29) is 18.3 Å². The molecular weight excluding hydrogens is 594 g/mol. The topological polar surface area (TPSA) is 167 Å². The summed E-state index contributed by atoms with van der Waals surface area (Å²) < 4.78 is 30.0. The van der Waals surface area contributed by atoms with Crippen molar-refractivity contribution in [1.29, 1.82) is 0 Å². The summed E-state index contributed by atoms with van der Waals surface area (Å²) in [5.41, 5.74) is 2.76. The van der Waals surface area contributed by atoms with E-state index < -0.39 is 21.9 Å². The number of anilines is 4. The zero-order valence-corrected chi connectivity index (χ0v) is 25.9. The molecule has 4 heterocycles. The van der Waals surface area contributed by atoms with Crippen LogP contribution in [0.2, 0.25) is 0 Å². The number of fused-ring (bicyclic) bond motifs is 1. The van der Waals surface area contributed by atoms with E-state index in [0.29, 0.717) is 54.1 Å². The SMILES string of the molecule is CCOC(=O)c1sc(Nc2nc(N3CCC(O)CC3)c3c(n2)N(Cc2ccc(C(=O)NS(C)(=O)=O)cc2)CCC3)nc1C. The molecule has 230 valence electrons. The molecule has 0 aliphatic carbocycles. The van der Waals surface area contributed by atoms with Gasteiger partial charge in [-0.25, -0.2) is 22.9 Å². The van der Waals surface area contributed by atoms with E-state index in [1.807, 2.05) is 4.72 Å². The Bertz CT molecular complexity index is 1600. The van der Waals surface area contributed by atoms with Crippen LogP contribution in [0.15, 0.2) is 24.3 Å². The zero-order valence-electron chi connectivity index (χ0n) is 24.3. The first-order valence-corrected chi connectivity index (χ1v) is 16.8. The van der Waals surface area contributed by atoms with Crippen LogP contribution < -0.4 is 19.8 Å². The Morgan fingerprint density at radius 3 is 2.47 bits per heavy atom. The number of benzene rings is 1. The molecule has 0 radical (unpaired) electrons. The summed E-state index contributed by atoms with van der Waals surface area (Å²) >= 11 is 1.18. The standard InChI is InChI=1S/C28H35N7O6S2/c1-4-41-26(38)22-17(2)29-28(42-22)32-27-30-23(34-14-11-20(36)12-15-34)21-6-5-13-35(24(21)31-27)16-18-7-9-19(10-8-18)25(37)33-43(3,39)40/h7-10,20,36H,4-6,11-16H2,1-3H3,(H,33,37)(H,29,30,31,32). The van der Waals surface area contributed by atoms with E-state index in [9.17, 15) is 23.1 Å². The molecule has 0 unspecified atom stereocenters. The Kier molecular flexibility index (Phi) is 9.13. The van der Waals surface area contributed by atoms with Gasteiger partial charge in [-0.15, -0.1) is 0 Å². The summed E-state index contributed by atoms with van der Waals surface area (Å²) in [6, 6.07) is 6.80. The second-order valence-corrected chi connectivity index (χ2v) is 13.3. The van der Waals surface area contributed by atoms with Crippen molar-refractivity contribution in [2.24, 2.45) is 0 Å². The number of hydrogen-bond acceptors (Lipinski definition) is 13. The Balaban J connectivity index is 1.45. The van der Waals surface area contributed by atoms with Crippen LogP contribution in [-0.2, 0) is 27.7 Å². The van der Waals surface area contributed by atoms with E-state index in [0.717, 1.165) is 48.4 Å². The maximum atomic E-state index is 12.4. The molecule has 43 heavy (non-hydrogen) atoms. The molecule has 0 spiro atoms. The van der Waals surface area contributed by atoms with Gasteiger partial charge >= 0.3 is 5.97 Å². The molecule has 15 heteroatoms. The van der Waals surface area contributed by atoms with E-state index in [1.165, 1.54) is 11.3 Å². The fourth-order valence-corrected chi connectivity index (χ4v) is 6.50. The molecule has 1 saturated heterocycles. The third-order valence-electron chi connectivity index (χ3n) is 7.23. The van der Waals surface area contributed by atoms with Crippen LogP contribution in [-0.4, -0.2) is 79.0 Å². The lowest BCUT2D eigenvalue weighted by atomic mass is 10.0. The number of ether oxygens (including phenoxy) is 1. The minimum atomic E-state index is -3.66. The molecule has 2 aromatic heterocycles. The molecule has 1 aromatic carbocycles. The molecular formula is C28H35N7O6S2. The maximum absolute atomic E-state index is 12.4. The first-order valence-electron chi connectivity index (χ1n) is 14.1. The number of rotatable bonds is 9. The van der Waals surface area contributed by atoms with Gasteiger partial charge in [0.2, 0.25) is 16.0 Å². The third kappa shape index (κ3) is 7.40. The van der Waals surface area contributed by atoms with Gasteiger partial charge in [-0.05, 0) is 57.2 Å². The molecule has 2 aliphatic rings. The number of carbonyl (C=O) groups excluding carboxylic acids is 2. The lowest BCUT2D eigenvalue weighted by molar-refractivity contribution is 0.0530. The molecule has 5 rings (SSSR count). The lowest BCUT2D eigenvalue weighted by Crippen LogP contribution is -2.38. The predicted octanol–water partition coefficient (Wildman–Crippen LogP) is 2.77. The lowest BCUT2D eigenvalue weighted by Gasteiger charge is -2.36. The summed E-state index contributed by atoms with van der Waals surface area (Å²) in [6.45, 7) is 6.39. The highest BCUT2D eigenvalue weighted by Gasteiger charge is 2.29. The van der Waals surface area contributed by atoms with E-state index in [1.54, 1.807) is 38.1 Å². The van der Waals surface area contributed by atoms with Crippen LogP contribution in [0, 0.1) is 6.92 Å². The largest absolute Gasteiger partial charge is 0.462 e. The number of piperidine rings is 1. The van der Waals surface area contributed by atoms with Gasteiger partial charge in [0.15, 0.2) is 5.13 Å². The second-order valence-electron chi connectivity index (χ2n) is 10.6. The normalized spacial score (nSPS) is 15.6. The average Bonchev–Trinajstić information content (AvgIpc) is 3.33. The van der Waals surface area contributed by atoms with Gasteiger partial charge in [-0.2, -0.15) is 9.97 Å². The molecule has 1 fully saturated rings. The van der Waals surface area contributed by atoms with Gasteiger partial charge in [-0.3, -0.25) is 10.1 Å².